The van der Waals surface area contributed by atoms with Crippen LogP contribution in [0, 0.1) is 12.8 Å². The molecular formula is C36H47F2N5O2. The topological polar surface area (TPSA) is 72.3 Å². The molecule has 2 unspecified atom stereocenters. The van der Waals surface area contributed by atoms with E-state index in [0.29, 0.717) is 30.7 Å². The number of carbonyl (C=O) groups is 1. The monoisotopic (exact) mass is 619 g/mol. The maximum Gasteiger partial charge on any atom is 0.248 e. The summed E-state index contributed by atoms with van der Waals surface area (Å²) in [6, 6.07) is 19.2. The molecule has 3 fully saturated rings. The molecule has 242 valence electrons. The molecule has 0 radical (unpaired) electrons. The summed E-state index contributed by atoms with van der Waals surface area (Å²) >= 11 is 0. The summed E-state index contributed by atoms with van der Waals surface area (Å²) in [5.74, 6) is 0.0452. The number of fused-ring (bicyclic) bond motifs is 2. The fraction of sp³-hybridized carbons (Fsp3) is 0.583. The smallest absolute Gasteiger partial charge is 0.248 e. The van der Waals surface area contributed by atoms with Gasteiger partial charge in [-0.05, 0) is 75.1 Å². The van der Waals surface area contributed by atoms with Crippen LogP contribution in [0.1, 0.15) is 112 Å². The van der Waals surface area contributed by atoms with E-state index < -0.39 is 5.92 Å². The Morgan fingerprint density at radius 1 is 0.956 bits per heavy atom. The van der Waals surface area contributed by atoms with Crippen LogP contribution in [-0.4, -0.2) is 50.1 Å². The minimum absolute atomic E-state index is 0.106. The van der Waals surface area contributed by atoms with Crippen LogP contribution in [0.4, 0.5) is 8.78 Å². The van der Waals surface area contributed by atoms with Gasteiger partial charge in [0.15, 0.2) is 0 Å². The van der Waals surface area contributed by atoms with Gasteiger partial charge in [-0.3, -0.25) is 9.69 Å². The molecule has 2 aromatic carbocycles. The number of aromatic nitrogens is 3. The molecule has 2 aliphatic heterocycles. The Labute approximate surface area is 265 Å². The van der Waals surface area contributed by atoms with Gasteiger partial charge in [0, 0.05) is 49.3 Å². The summed E-state index contributed by atoms with van der Waals surface area (Å²) in [7, 11) is 0. The number of nitrogens with one attached hydrogen (secondary N) is 1. The second-order valence-electron chi connectivity index (χ2n) is 13.7. The fourth-order valence-corrected chi connectivity index (χ4v) is 7.78. The molecule has 6 rings (SSSR count). The number of nitrogens with zero attached hydrogens (tertiary/aromatic N) is 4. The van der Waals surface area contributed by atoms with Crippen LogP contribution < -0.4 is 10.1 Å². The Morgan fingerprint density at radius 2 is 1.62 bits per heavy atom. The molecule has 0 spiro atoms. The van der Waals surface area contributed by atoms with Crippen molar-refractivity contribution in [1.29, 1.82) is 0 Å². The predicted octanol–water partition coefficient (Wildman–Crippen LogP) is 7.53. The standard InChI is InChI=1S/C36H47F2N5O2/c1-24(2)34-41-40-25(3)43(34)31-21-29-11-12-30(22-31)42(29)20-17-33(39-35(44)28-15-18-36(37,38)19-16-28)27-9-13-32(14-10-27)45-23-26-7-5-4-6-8-26/h4-10,13-14,24,28-31,33H,11-12,15-23H2,1-3H3,(H,39,44)/t29?,30?,31?,33-/m0/s1. The van der Waals surface area contributed by atoms with Gasteiger partial charge in [0.1, 0.15) is 24.0 Å². The van der Waals surface area contributed by atoms with E-state index in [1.807, 2.05) is 54.6 Å². The molecule has 3 aliphatic rings. The summed E-state index contributed by atoms with van der Waals surface area (Å²) in [6.07, 6.45) is 5.32. The van der Waals surface area contributed by atoms with E-state index in [0.717, 1.165) is 54.3 Å². The third kappa shape index (κ3) is 7.40. The summed E-state index contributed by atoms with van der Waals surface area (Å²) < 4.78 is 36.0. The first-order valence-corrected chi connectivity index (χ1v) is 16.8. The minimum atomic E-state index is -2.65. The predicted molar refractivity (Wildman–Crippen MR) is 170 cm³/mol. The molecule has 1 amide bonds. The van der Waals surface area contributed by atoms with Crippen LogP contribution in [0.5, 0.6) is 5.75 Å². The second kappa shape index (κ2) is 13.6. The van der Waals surface area contributed by atoms with Gasteiger partial charge >= 0.3 is 0 Å². The lowest BCUT2D eigenvalue weighted by molar-refractivity contribution is -0.130. The number of aryl methyl sites for hydroxylation is 1. The first kappa shape index (κ1) is 31.6. The Bertz CT molecular complexity index is 1400. The minimum Gasteiger partial charge on any atom is -0.489 e. The van der Waals surface area contributed by atoms with Crippen LogP contribution >= 0.6 is 0 Å². The van der Waals surface area contributed by atoms with Crippen molar-refractivity contribution < 1.29 is 18.3 Å². The number of ether oxygens (including phenoxy) is 1. The number of hydrogen-bond donors (Lipinski definition) is 1. The van der Waals surface area contributed by atoms with Gasteiger partial charge in [-0.1, -0.05) is 56.3 Å². The van der Waals surface area contributed by atoms with Gasteiger partial charge in [0.2, 0.25) is 11.8 Å². The van der Waals surface area contributed by atoms with Crippen molar-refractivity contribution in [3.8, 4) is 5.75 Å². The molecule has 3 heterocycles. The molecule has 1 N–H and O–H groups in total. The number of hydrogen-bond acceptors (Lipinski definition) is 5. The normalized spacial score (nSPS) is 24.1. The van der Waals surface area contributed by atoms with Crippen LogP contribution in [0.2, 0.25) is 0 Å². The highest BCUT2D eigenvalue weighted by Crippen LogP contribution is 2.43. The van der Waals surface area contributed by atoms with Gasteiger partial charge < -0.3 is 14.6 Å². The fourth-order valence-electron chi connectivity index (χ4n) is 7.78. The molecule has 2 bridgehead atoms. The molecule has 3 aromatic rings. The summed E-state index contributed by atoms with van der Waals surface area (Å²) in [5, 5.41) is 12.2. The molecule has 1 aromatic heterocycles. The number of alkyl halides is 2. The number of halogens is 2. The molecule has 2 saturated heterocycles. The zero-order chi connectivity index (χ0) is 31.6. The molecular weight excluding hydrogens is 572 g/mol. The van der Waals surface area contributed by atoms with E-state index in [1.54, 1.807) is 0 Å². The quantitative estimate of drug-likeness (QED) is 0.240. The SMILES string of the molecule is Cc1nnc(C(C)C)n1C1CC2CCC(C1)N2CC[C@H](NC(=O)C1CCC(F)(F)CC1)c1ccc(OCc2ccccc2)cc1. The summed E-state index contributed by atoms with van der Waals surface area (Å²) in [4.78, 5) is 16.1. The lowest BCUT2D eigenvalue weighted by Crippen LogP contribution is -2.45. The maximum atomic E-state index is 13.8. The average molecular weight is 620 g/mol. The van der Waals surface area contributed by atoms with E-state index in [-0.39, 0.29) is 43.6 Å². The van der Waals surface area contributed by atoms with Crippen LogP contribution in [0.3, 0.4) is 0 Å². The number of carbonyl (C=O) groups excluding carboxylic acids is 1. The Hall–Kier alpha value is -3.33. The molecule has 3 atom stereocenters. The maximum absolute atomic E-state index is 13.8. The first-order chi connectivity index (χ1) is 21.7. The lowest BCUT2D eigenvalue weighted by Gasteiger charge is -2.40. The van der Waals surface area contributed by atoms with Crippen LogP contribution in [0.25, 0.3) is 0 Å². The van der Waals surface area contributed by atoms with Gasteiger partial charge in [-0.15, -0.1) is 10.2 Å². The van der Waals surface area contributed by atoms with Gasteiger partial charge in [-0.2, -0.15) is 0 Å². The van der Waals surface area contributed by atoms with E-state index >= 15 is 0 Å². The van der Waals surface area contributed by atoms with E-state index in [2.05, 4.69) is 45.8 Å². The van der Waals surface area contributed by atoms with E-state index in [1.165, 1.54) is 12.8 Å². The van der Waals surface area contributed by atoms with Gasteiger partial charge in [0.05, 0.1) is 6.04 Å². The molecule has 7 nitrogen and oxygen atoms in total. The Kier molecular flexibility index (Phi) is 9.54. The van der Waals surface area contributed by atoms with Crippen LogP contribution in [-0.2, 0) is 11.4 Å². The van der Waals surface area contributed by atoms with E-state index in [4.69, 9.17) is 4.74 Å². The highest BCUT2D eigenvalue weighted by molar-refractivity contribution is 5.79. The van der Waals surface area contributed by atoms with Crippen molar-refractivity contribution in [2.75, 3.05) is 6.54 Å². The highest BCUT2D eigenvalue weighted by Gasteiger charge is 2.42. The third-order valence-corrected chi connectivity index (χ3v) is 10.2. The number of amides is 1. The Balaban J connectivity index is 1.13. The van der Waals surface area contributed by atoms with Gasteiger partial charge in [0.25, 0.3) is 0 Å². The van der Waals surface area contributed by atoms with Crippen molar-refractivity contribution >= 4 is 5.91 Å². The number of rotatable bonds is 11. The molecule has 1 aliphatic carbocycles. The zero-order valence-electron chi connectivity index (χ0n) is 26.8. The summed E-state index contributed by atoms with van der Waals surface area (Å²) in [5.41, 5.74) is 2.11. The van der Waals surface area contributed by atoms with Gasteiger partial charge in [-0.25, -0.2) is 8.78 Å². The van der Waals surface area contributed by atoms with E-state index in [9.17, 15) is 13.6 Å². The Morgan fingerprint density at radius 3 is 2.27 bits per heavy atom. The van der Waals surface area contributed by atoms with Crippen molar-refractivity contribution in [1.82, 2.24) is 25.0 Å². The number of piperidine rings is 1. The molecule has 1 saturated carbocycles. The third-order valence-electron chi connectivity index (χ3n) is 10.2. The second-order valence-corrected chi connectivity index (χ2v) is 13.7. The first-order valence-electron chi connectivity index (χ1n) is 16.8. The largest absolute Gasteiger partial charge is 0.489 e. The highest BCUT2D eigenvalue weighted by atomic mass is 19.3. The lowest BCUT2D eigenvalue weighted by atomic mass is 9.86. The van der Waals surface area contributed by atoms with Crippen molar-refractivity contribution in [2.45, 2.75) is 121 Å². The van der Waals surface area contributed by atoms with Crippen molar-refractivity contribution in [2.24, 2.45) is 5.92 Å². The molecule has 45 heavy (non-hydrogen) atoms. The zero-order valence-corrected chi connectivity index (χ0v) is 26.8. The average Bonchev–Trinajstić information content (AvgIpc) is 3.53. The molecule has 9 heteroatoms. The van der Waals surface area contributed by atoms with Crippen LogP contribution in [0.15, 0.2) is 54.6 Å². The van der Waals surface area contributed by atoms with Crippen molar-refractivity contribution in [3.05, 3.63) is 77.4 Å². The number of benzene rings is 2. The van der Waals surface area contributed by atoms with Crippen molar-refractivity contribution in [3.63, 3.8) is 0 Å². The summed E-state index contributed by atoms with van der Waals surface area (Å²) in [6.45, 7) is 7.78.